The number of nitrogens with one attached hydrogen (secondary N) is 1. The third-order valence-electron chi connectivity index (χ3n) is 3.87. The van der Waals surface area contributed by atoms with E-state index in [1.54, 1.807) is 12.5 Å². The zero-order chi connectivity index (χ0) is 14.5. The van der Waals surface area contributed by atoms with Crippen LogP contribution in [0.25, 0.3) is 0 Å². The first-order valence-electron chi connectivity index (χ1n) is 7.31. The van der Waals surface area contributed by atoms with Crippen LogP contribution in [0.3, 0.4) is 0 Å². The van der Waals surface area contributed by atoms with Gasteiger partial charge < -0.3 is 9.32 Å². The molecule has 0 aromatic carbocycles. The van der Waals surface area contributed by atoms with Gasteiger partial charge in [-0.25, -0.2) is 0 Å². The smallest absolute Gasteiger partial charge is 0.222 e. The summed E-state index contributed by atoms with van der Waals surface area (Å²) >= 11 is 0. The van der Waals surface area contributed by atoms with Crippen molar-refractivity contribution >= 4 is 5.91 Å². The van der Waals surface area contributed by atoms with Crippen molar-refractivity contribution in [1.29, 1.82) is 0 Å². The normalized spacial score (nSPS) is 16.3. The van der Waals surface area contributed by atoms with Crippen LogP contribution in [0.4, 0.5) is 0 Å². The fourth-order valence-corrected chi connectivity index (χ4v) is 2.60. The number of nitrogens with zero attached hydrogens (tertiary/aromatic N) is 3. The lowest BCUT2D eigenvalue weighted by molar-refractivity contribution is -0.133. The summed E-state index contributed by atoms with van der Waals surface area (Å²) in [6.07, 6.45) is 6.62. The number of aryl methyl sites for hydroxylation is 1. The Morgan fingerprint density at radius 1 is 1.33 bits per heavy atom. The van der Waals surface area contributed by atoms with E-state index in [0.29, 0.717) is 6.42 Å². The first-order valence-corrected chi connectivity index (χ1v) is 7.31. The lowest BCUT2D eigenvalue weighted by Crippen LogP contribution is -2.48. The largest absolute Gasteiger partial charge is 0.468 e. The number of hydrogen-bond acceptors (Lipinski definition) is 4. The van der Waals surface area contributed by atoms with Gasteiger partial charge in [0.1, 0.15) is 5.76 Å². The number of H-pyrrole nitrogens is 1. The molecule has 3 heterocycles. The van der Waals surface area contributed by atoms with Gasteiger partial charge in [0.2, 0.25) is 5.91 Å². The molecule has 21 heavy (non-hydrogen) atoms. The van der Waals surface area contributed by atoms with Crippen LogP contribution in [-0.4, -0.2) is 52.1 Å². The molecule has 1 aliphatic rings. The highest BCUT2D eigenvalue weighted by Crippen LogP contribution is 2.10. The van der Waals surface area contributed by atoms with Gasteiger partial charge in [-0.3, -0.25) is 14.8 Å². The Labute approximate surface area is 123 Å². The average molecular weight is 288 g/mol. The van der Waals surface area contributed by atoms with Crippen LogP contribution in [0.1, 0.15) is 17.7 Å². The van der Waals surface area contributed by atoms with E-state index in [-0.39, 0.29) is 5.91 Å². The Kier molecular flexibility index (Phi) is 4.35. The Balaban J connectivity index is 1.41. The lowest BCUT2D eigenvalue weighted by Gasteiger charge is -2.34. The van der Waals surface area contributed by atoms with E-state index in [2.05, 4.69) is 15.1 Å². The Bertz CT molecular complexity index is 542. The highest BCUT2D eigenvalue weighted by atomic mass is 16.3. The van der Waals surface area contributed by atoms with Crippen molar-refractivity contribution in [2.24, 2.45) is 0 Å². The molecule has 0 atom stereocenters. The summed E-state index contributed by atoms with van der Waals surface area (Å²) in [6, 6.07) is 3.90. The predicted molar refractivity (Wildman–Crippen MR) is 77.5 cm³/mol. The second kappa shape index (κ2) is 6.58. The molecule has 1 aliphatic heterocycles. The summed E-state index contributed by atoms with van der Waals surface area (Å²) in [4.78, 5) is 16.5. The van der Waals surface area contributed by atoms with Gasteiger partial charge in [-0.15, -0.1) is 0 Å². The predicted octanol–water partition coefficient (Wildman–Crippen LogP) is 1.28. The summed E-state index contributed by atoms with van der Waals surface area (Å²) in [6.45, 7) is 4.22. The van der Waals surface area contributed by atoms with Crippen molar-refractivity contribution in [3.05, 3.63) is 42.1 Å². The molecule has 112 valence electrons. The lowest BCUT2D eigenvalue weighted by atomic mass is 10.1. The van der Waals surface area contributed by atoms with Crippen LogP contribution < -0.4 is 0 Å². The van der Waals surface area contributed by atoms with Crippen LogP contribution in [0, 0.1) is 0 Å². The zero-order valence-corrected chi connectivity index (χ0v) is 12.0. The number of amides is 1. The van der Waals surface area contributed by atoms with Gasteiger partial charge in [-0.2, -0.15) is 5.10 Å². The number of piperazine rings is 1. The van der Waals surface area contributed by atoms with E-state index in [1.165, 1.54) is 0 Å². The maximum Gasteiger partial charge on any atom is 0.222 e. The van der Waals surface area contributed by atoms with Gasteiger partial charge in [0.15, 0.2) is 0 Å². The number of carbonyl (C=O) groups excluding carboxylic acids is 1. The Morgan fingerprint density at radius 2 is 2.19 bits per heavy atom. The van der Waals surface area contributed by atoms with Crippen LogP contribution in [0.15, 0.2) is 35.2 Å². The maximum atomic E-state index is 12.2. The first-order chi connectivity index (χ1) is 10.3. The molecule has 1 fully saturated rings. The van der Waals surface area contributed by atoms with Crippen molar-refractivity contribution in [3.8, 4) is 0 Å². The Hall–Kier alpha value is -2.08. The molecule has 3 rings (SSSR count). The number of furan rings is 1. The minimum Gasteiger partial charge on any atom is -0.468 e. The highest BCUT2D eigenvalue weighted by molar-refractivity contribution is 5.76. The van der Waals surface area contributed by atoms with E-state index in [0.717, 1.165) is 50.5 Å². The van der Waals surface area contributed by atoms with E-state index in [1.807, 2.05) is 23.2 Å². The number of carbonyl (C=O) groups is 1. The standard InChI is InChI=1S/C15H20N4O2/c20-15(4-3-13-10-16-17-11-13)19-7-5-18(6-8-19)12-14-2-1-9-21-14/h1-2,9-11H,3-8,12H2,(H,16,17). The summed E-state index contributed by atoms with van der Waals surface area (Å²) in [5, 5.41) is 6.66. The third-order valence-corrected chi connectivity index (χ3v) is 3.87. The molecule has 1 saturated heterocycles. The van der Waals surface area contributed by atoms with Gasteiger partial charge in [0.05, 0.1) is 19.0 Å². The van der Waals surface area contributed by atoms with E-state index in [4.69, 9.17) is 4.42 Å². The Morgan fingerprint density at radius 3 is 2.86 bits per heavy atom. The molecule has 0 unspecified atom stereocenters. The van der Waals surface area contributed by atoms with Crippen LogP contribution in [0.2, 0.25) is 0 Å². The summed E-state index contributed by atoms with van der Waals surface area (Å²) in [7, 11) is 0. The quantitative estimate of drug-likeness (QED) is 0.900. The molecule has 2 aromatic heterocycles. The molecule has 6 heteroatoms. The second-order valence-corrected chi connectivity index (χ2v) is 5.34. The SMILES string of the molecule is O=C(CCc1cn[nH]c1)N1CCN(Cc2ccco2)CC1. The van der Waals surface area contributed by atoms with Crippen molar-refractivity contribution in [2.75, 3.05) is 26.2 Å². The van der Waals surface area contributed by atoms with Gasteiger partial charge in [-0.05, 0) is 24.1 Å². The molecule has 0 radical (unpaired) electrons. The molecule has 6 nitrogen and oxygen atoms in total. The summed E-state index contributed by atoms with van der Waals surface area (Å²) < 4.78 is 5.36. The van der Waals surface area contributed by atoms with Crippen molar-refractivity contribution in [3.63, 3.8) is 0 Å². The van der Waals surface area contributed by atoms with E-state index < -0.39 is 0 Å². The second-order valence-electron chi connectivity index (χ2n) is 5.34. The summed E-state index contributed by atoms with van der Waals surface area (Å²) in [5.74, 6) is 1.21. The maximum absolute atomic E-state index is 12.2. The monoisotopic (exact) mass is 288 g/mol. The summed E-state index contributed by atoms with van der Waals surface area (Å²) in [5.41, 5.74) is 1.08. The fourth-order valence-electron chi connectivity index (χ4n) is 2.60. The highest BCUT2D eigenvalue weighted by Gasteiger charge is 2.21. The molecule has 0 bridgehead atoms. The molecule has 1 N–H and O–H groups in total. The minimum atomic E-state index is 0.230. The van der Waals surface area contributed by atoms with Crippen molar-refractivity contribution < 1.29 is 9.21 Å². The van der Waals surface area contributed by atoms with Crippen molar-refractivity contribution in [2.45, 2.75) is 19.4 Å². The molecular formula is C15H20N4O2. The van der Waals surface area contributed by atoms with Crippen LogP contribution in [-0.2, 0) is 17.8 Å². The number of aromatic nitrogens is 2. The minimum absolute atomic E-state index is 0.230. The number of rotatable bonds is 5. The van der Waals surface area contributed by atoms with Gasteiger partial charge in [-0.1, -0.05) is 0 Å². The zero-order valence-electron chi connectivity index (χ0n) is 12.0. The number of hydrogen-bond donors (Lipinski definition) is 1. The van der Waals surface area contributed by atoms with Gasteiger partial charge >= 0.3 is 0 Å². The average Bonchev–Trinajstić information content (AvgIpc) is 3.19. The molecule has 0 aliphatic carbocycles. The van der Waals surface area contributed by atoms with Gasteiger partial charge in [0.25, 0.3) is 0 Å². The third kappa shape index (κ3) is 3.72. The molecule has 0 saturated carbocycles. The molecule has 0 spiro atoms. The molecular weight excluding hydrogens is 268 g/mol. The number of aromatic amines is 1. The molecule has 2 aromatic rings. The molecule has 1 amide bonds. The van der Waals surface area contributed by atoms with E-state index in [9.17, 15) is 4.79 Å². The van der Waals surface area contributed by atoms with Gasteiger partial charge in [0, 0.05) is 38.8 Å². The topological polar surface area (TPSA) is 65.4 Å². The fraction of sp³-hybridized carbons (Fsp3) is 0.467. The van der Waals surface area contributed by atoms with E-state index >= 15 is 0 Å². The van der Waals surface area contributed by atoms with Crippen LogP contribution >= 0.6 is 0 Å². The first kappa shape index (κ1) is 13.9. The van der Waals surface area contributed by atoms with Crippen molar-refractivity contribution in [1.82, 2.24) is 20.0 Å². The van der Waals surface area contributed by atoms with Crippen LogP contribution in [0.5, 0.6) is 0 Å².